The number of ether oxygens (including phenoxy) is 1. The van der Waals surface area contributed by atoms with Crippen molar-refractivity contribution in [2.45, 2.75) is 12.8 Å². The molecule has 0 atom stereocenters. The van der Waals surface area contributed by atoms with Gasteiger partial charge in [-0.2, -0.15) is 0 Å². The van der Waals surface area contributed by atoms with E-state index >= 15 is 0 Å². The number of nitro benzene ring substituents is 1. The number of non-ortho nitro benzene ring substituents is 1. The number of amides is 2. The van der Waals surface area contributed by atoms with Gasteiger partial charge < -0.3 is 15.0 Å². The molecule has 0 aliphatic carbocycles. The Morgan fingerprint density at radius 2 is 1.85 bits per heavy atom. The number of carbonyl (C=O) groups is 2. The van der Waals surface area contributed by atoms with Crippen LogP contribution in [0.3, 0.4) is 0 Å². The summed E-state index contributed by atoms with van der Waals surface area (Å²) in [6, 6.07) is 12.4. The predicted octanol–water partition coefficient (Wildman–Crippen LogP) is 2.85. The standard InChI is InChI=1S/C19H19N3O5/c23-18(13-27-17-8-4-7-16(12-17)22(25)26)20-15-6-3-5-14(11-15)19(24)21-9-1-2-10-21/h3-8,11-12H,1-2,9-10,13H2,(H,20,23). The van der Waals surface area contributed by atoms with E-state index in [0.29, 0.717) is 11.3 Å². The van der Waals surface area contributed by atoms with Crippen LogP contribution in [0.1, 0.15) is 23.2 Å². The highest BCUT2D eigenvalue weighted by Crippen LogP contribution is 2.19. The minimum absolute atomic E-state index is 0.0450. The Balaban J connectivity index is 1.58. The van der Waals surface area contributed by atoms with Crippen molar-refractivity contribution >= 4 is 23.2 Å². The van der Waals surface area contributed by atoms with Crippen molar-refractivity contribution in [3.05, 3.63) is 64.2 Å². The average molecular weight is 369 g/mol. The number of likely N-dealkylation sites (tertiary alicyclic amines) is 1. The maximum absolute atomic E-state index is 12.4. The molecule has 1 aliphatic rings. The van der Waals surface area contributed by atoms with E-state index in [0.717, 1.165) is 25.9 Å². The Bertz CT molecular complexity index is 862. The number of nitrogens with one attached hydrogen (secondary N) is 1. The van der Waals surface area contributed by atoms with Gasteiger partial charge >= 0.3 is 0 Å². The lowest BCUT2D eigenvalue weighted by molar-refractivity contribution is -0.384. The first-order chi connectivity index (χ1) is 13.0. The van der Waals surface area contributed by atoms with Gasteiger partial charge in [-0.25, -0.2) is 0 Å². The van der Waals surface area contributed by atoms with E-state index in [1.807, 2.05) is 0 Å². The molecule has 3 rings (SSSR count). The van der Waals surface area contributed by atoms with Crippen molar-refractivity contribution in [3.63, 3.8) is 0 Å². The van der Waals surface area contributed by atoms with Gasteiger partial charge in [0.15, 0.2) is 6.61 Å². The van der Waals surface area contributed by atoms with Gasteiger partial charge in [0.1, 0.15) is 5.75 Å². The van der Waals surface area contributed by atoms with Crippen LogP contribution in [-0.2, 0) is 4.79 Å². The van der Waals surface area contributed by atoms with Crippen molar-refractivity contribution in [1.82, 2.24) is 4.90 Å². The van der Waals surface area contributed by atoms with Gasteiger partial charge in [-0.15, -0.1) is 0 Å². The predicted molar refractivity (Wildman–Crippen MR) is 98.8 cm³/mol. The van der Waals surface area contributed by atoms with Crippen molar-refractivity contribution in [2.75, 3.05) is 25.0 Å². The maximum Gasteiger partial charge on any atom is 0.273 e. The Labute approximate surface area is 155 Å². The molecule has 0 aromatic heterocycles. The summed E-state index contributed by atoms with van der Waals surface area (Å²) in [7, 11) is 0. The van der Waals surface area contributed by atoms with Gasteiger partial charge in [0.25, 0.3) is 17.5 Å². The van der Waals surface area contributed by atoms with Crippen LogP contribution >= 0.6 is 0 Å². The molecular weight excluding hydrogens is 350 g/mol. The molecule has 0 unspecified atom stereocenters. The van der Waals surface area contributed by atoms with E-state index in [1.54, 1.807) is 29.2 Å². The Morgan fingerprint density at radius 1 is 1.11 bits per heavy atom. The summed E-state index contributed by atoms with van der Waals surface area (Å²) in [5.74, 6) is -0.235. The van der Waals surface area contributed by atoms with Gasteiger partial charge in [0.05, 0.1) is 11.0 Å². The second-order valence-electron chi connectivity index (χ2n) is 6.17. The molecule has 140 valence electrons. The van der Waals surface area contributed by atoms with Crippen LogP contribution in [0.2, 0.25) is 0 Å². The summed E-state index contributed by atoms with van der Waals surface area (Å²) in [6.07, 6.45) is 2.02. The molecule has 1 heterocycles. The molecule has 0 radical (unpaired) electrons. The third-order valence-electron chi connectivity index (χ3n) is 4.18. The first kappa shape index (κ1) is 18.4. The Hall–Kier alpha value is -3.42. The van der Waals surface area contributed by atoms with Gasteiger partial charge in [-0.3, -0.25) is 19.7 Å². The van der Waals surface area contributed by atoms with E-state index in [4.69, 9.17) is 4.74 Å². The average Bonchev–Trinajstić information content (AvgIpc) is 3.21. The molecule has 8 heteroatoms. The zero-order chi connectivity index (χ0) is 19.2. The molecule has 1 saturated heterocycles. The SMILES string of the molecule is O=C(COc1cccc([N+](=O)[O-])c1)Nc1cccc(C(=O)N2CCCC2)c1. The molecular formula is C19H19N3O5. The summed E-state index contributed by atoms with van der Waals surface area (Å²) < 4.78 is 5.30. The van der Waals surface area contributed by atoms with Crippen LogP contribution in [-0.4, -0.2) is 41.3 Å². The molecule has 0 saturated carbocycles. The first-order valence-corrected chi connectivity index (χ1v) is 8.59. The van der Waals surface area contributed by atoms with Gasteiger partial charge in [-0.05, 0) is 37.1 Å². The fourth-order valence-electron chi connectivity index (χ4n) is 2.87. The number of rotatable bonds is 6. The fraction of sp³-hybridized carbons (Fsp3) is 0.263. The fourth-order valence-corrected chi connectivity index (χ4v) is 2.87. The van der Waals surface area contributed by atoms with Crippen LogP contribution in [0.4, 0.5) is 11.4 Å². The molecule has 8 nitrogen and oxygen atoms in total. The number of benzene rings is 2. The highest BCUT2D eigenvalue weighted by atomic mass is 16.6. The second kappa shape index (κ2) is 8.31. The second-order valence-corrected chi connectivity index (χ2v) is 6.17. The van der Waals surface area contributed by atoms with Crippen molar-refractivity contribution in [3.8, 4) is 5.75 Å². The molecule has 2 aromatic carbocycles. The number of hydrogen-bond acceptors (Lipinski definition) is 5. The smallest absolute Gasteiger partial charge is 0.273 e. The molecule has 0 bridgehead atoms. The molecule has 2 aromatic rings. The number of carbonyl (C=O) groups excluding carboxylic acids is 2. The van der Waals surface area contributed by atoms with Gasteiger partial charge in [0.2, 0.25) is 0 Å². The summed E-state index contributed by atoms with van der Waals surface area (Å²) in [6.45, 7) is 1.21. The van der Waals surface area contributed by atoms with E-state index in [1.165, 1.54) is 24.3 Å². The molecule has 1 N–H and O–H groups in total. The van der Waals surface area contributed by atoms with Gasteiger partial charge in [-0.1, -0.05) is 12.1 Å². The van der Waals surface area contributed by atoms with E-state index in [2.05, 4.69) is 5.32 Å². The Kier molecular flexibility index (Phi) is 5.65. The topological polar surface area (TPSA) is 102 Å². The van der Waals surface area contributed by atoms with Crippen LogP contribution in [0.15, 0.2) is 48.5 Å². The summed E-state index contributed by atoms with van der Waals surface area (Å²) >= 11 is 0. The Morgan fingerprint density at radius 3 is 2.59 bits per heavy atom. The quantitative estimate of drug-likeness (QED) is 0.623. The summed E-state index contributed by atoms with van der Waals surface area (Å²) in [5, 5.41) is 13.4. The normalized spacial score (nSPS) is 13.3. The number of anilines is 1. The third-order valence-corrected chi connectivity index (χ3v) is 4.18. The lowest BCUT2D eigenvalue weighted by Crippen LogP contribution is -2.27. The zero-order valence-corrected chi connectivity index (χ0v) is 14.6. The summed E-state index contributed by atoms with van der Waals surface area (Å²) in [5.41, 5.74) is 0.906. The van der Waals surface area contributed by atoms with Crippen LogP contribution in [0.5, 0.6) is 5.75 Å². The number of hydrogen-bond donors (Lipinski definition) is 1. The first-order valence-electron chi connectivity index (χ1n) is 8.59. The minimum atomic E-state index is -0.532. The van der Waals surface area contributed by atoms with E-state index in [-0.39, 0.29) is 24.0 Å². The lowest BCUT2D eigenvalue weighted by Gasteiger charge is -2.15. The minimum Gasteiger partial charge on any atom is -0.484 e. The third kappa shape index (κ3) is 4.81. The highest BCUT2D eigenvalue weighted by Gasteiger charge is 2.19. The maximum atomic E-state index is 12.4. The zero-order valence-electron chi connectivity index (χ0n) is 14.6. The number of nitrogens with zero attached hydrogens (tertiary/aromatic N) is 2. The van der Waals surface area contributed by atoms with Gasteiger partial charge in [0, 0.05) is 30.4 Å². The molecule has 0 spiro atoms. The molecule has 2 amide bonds. The van der Waals surface area contributed by atoms with E-state index < -0.39 is 10.8 Å². The monoisotopic (exact) mass is 369 g/mol. The van der Waals surface area contributed by atoms with Crippen molar-refractivity contribution < 1.29 is 19.2 Å². The lowest BCUT2D eigenvalue weighted by atomic mass is 10.1. The van der Waals surface area contributed by atoms with Crippen molar-refractivity contribution in [1.29, 1.82) is 0 Å². The van der Waals surface area contributed by atoms with E-state index in [9.17, 15) is 19.7 Å². The van der Waals surface area contributed by atoms with Crippen LogP contribution in [0.25, 0.3) is 0 Å². The van der Waals surface area contributed by atoms with Crippen LogP contribution < -0.4 is 10.1 Å². The molecule has 1 fully saturated rings. The van der Waals surface area contributed by atoms with Crippen LogP contribution in [0, 0.1) is 10.1 Å². The van der Waals surface area contributed by atoms with Crippen molar-refractivity contribution in [2.24, 2.45) is 0 Å². The molecule has 27 heavy (non-hydrogen) atoms. The number of nitro groups is 1. The summed E-state index contributed by atoms with van der Waals surface area (Å²) in [4.78, 5) is 36.5. The largest absolute Gasteiger partial charge is 0.484 e. The highest BCUT2D eigenvalue weighted by molar-refractivity contribution is 5.97. The molecule has 1 aliphatic heterocycles.